The van der Waals surface area contributed by atoms with Gasteiger partial charge >= 0.3 is 0 Å². The number of benzene rings is 3. The van der Waals surface area contributed by atoms with Gasteiger partial charge in [0.05, 0.1) is 30.3 Å². The summed E-state index contributed by atoms with van der Waals surface area (Å²) in [6.07, 6.45) is -0.526. The minimum absolute atomic E-state index is 0.102. The number of aliphatic hydroxyl groups is 1. The second-order valence-corrected chi connectivity index (χ2v) is 13.4. The highest BCUT2D eigenvalue weighted by atomic mass is 32.2. The second kappa shape index (κ2) is 12.0. The van der Waals surface area contributed by atoms with Crippen LogP contribution in [0.5, 0.6) is 0 Å². The molecule has 0 fully saturated rings. The largest absolute Gasteiger partial charge is 0.394 e. The van der Waals surface area contributed by atoms with Crippen LogP contribution in [0.1, 0.15) is 35.5 Å². The van der Waals surface area contributed by atoms with Crippen molar-refractivity contribution in [3.8, 4) is 11.1 Å². The lowest BCUT2D eigenvalue weighted by atomic mass is 9.96. The molecule has 1 N–H and O–H groups in total. The van der Waals surface area contributed by atoms with E-state index in [0.717, 1.165) is 33.2 Å². The third-order valence-electron chi connectivity index (χ3n) is 8.39. The maximum atomic E-state index is 14.5. The van der Waals surface area contributed by atoms with Crippen LogP contribution < -0.4 is 0 Å². The van der Waals surface area contributed by atoms with Gasteiger partial charge in [-0.2, -0.15) is 4.31 Å². The molecule has 0 bridgehead atoms. The predicted molar refractivity (Wildman–Crippen MR) is 165 cm³/mol. The zero-order valence-corrected chi connectivity index (χ0v) is 25.6. The van der Waals surface area contributed by atoms with Crippen LogP contribution in [-0.2, 0) is 28.4 Å². The van der Waals surface area contributed by atoms with E-state index >= 15 is 0 Å². The second-order valence-electron chi connectivity index (χ2n) is 11.4. The zero-order chi connectivity index (χ0) is 30.2. The highest BCUT2D eigenvalue weighted by Crippen LogP contribution is 2.38. The van der Waals surface area contributed by atoms with Gasteiger partial charge in [-0.25, -0.2) is 8.42 Å². The van der Waals surface area contributed by atoms with Crippen LogP contribution in [0, 0.1) is 12.8 Å². The smallest absolute Gasteiger partial charge is 0.271 e. The number of aliphatic hydroxyl groups excluding tert-OH is 1. The van der Waals surface area contributed by atoms with Crippen LogP contribution >= 0.6 is 0 Å². The van der Waals surface area contributed by atoms with Crippen molar-refractivity contribution < 1.29 is 23.1 Å². The molecule has 222 valence electrons. The number of aryl methyl sites for hydroxylation is 2. The van der Waals surface area contributed by atoms with Crippen LogP contribution in [-0.4, -0.2) is 72.1 Å². The van der Waals surface area contributed by atoms with E-state index in [9.17, 15) is 18.3 Å². The maximum absolute atomic E-state index is 14.5. The van der Waals surface area contributed by atoms with E-state index in [0.29, 0.717) is 5.69 Å². The number of carbonyl (C=O) groups excluding carboxylic acids is 1. The van der Waals surface area contributed by atoms with E-state index in [2.05, 4.69) is 0 Å². The van der Waals surface area contributed by atoms with Crippen LogP contribution in [0.15, 0.2) is 77.7 Å². The zero-order valence-electron chi connectivity index (χ0n) is 24.8. The lowest BCUT2D eigenvalue weighted by Gasteiger charge is -2.35. The molecule has 0 saturated heterocycles. The van der Waals surface area contributed by atoms with Crippen molar-refractivity contribution in [1.82, 2.24) is 13.8 Å². The monoisotopic (exact) mass is 589 g/mol. The Morgan fingerprint density at radius 1 is 1.05 bits per heavy atom. The number of fused-ring (bicyclic) bond motifs is 5. The molecule has 5 rings (SSSR count). The lowest BCUT2D eigenvalue weighted by molar-refractivity contribution is -0.0147. The number of para-hydroxylation sites is 1. The van der Waals surface area contributed by atoms with Crippen LogP contribution in [0.2, 0.25) is 0 Å². The third kappa shape index (κ3) is 5.49. The van der Waals surface area contributed by atoms with E-state index in [1.807, 2.05) is 80.9 Å². The summed E-state index contributed by atoms with van der Waals surface area (Å²) in [6.45, 7) is 6.12. The fourth-order valence-corrected chi connectivity index (χ4v) is 6.95. The van der Waals surface area contributed by atoms with Crippen LogP contribution in [0.3, 0.4) is 0 Å². The molecule has 42 heavy (non-hydrogen) atoms. The number of carbonyl (C=O) groups is 1. The molecule has 1 aromatic heterocycles. The Morgan fingerprint density at radius 3 is 2.43 bits per heavy atom. The number of ether oxygens (including phenoxy) is 1. The Balaban J connectivity index is 1.60. The van der Waals surface area contributed by atoms with Crippen molar-refractivity contribution in [3.63, 3.8) is 0 Å². The summed E-state index contributed by atoms with van der Waals surface area (Å²) in [5.41, 5.74) is 5.10. The maximum Gasteiger partial charge on any atom is 0.271 e. The molecule has 3 aromatic carbocycles. The first-order valence-corrected chi connectivity index (χ1v) is 15.7. The number of amides is 1. The molecule has 0 radical (unpaired) electrons. The van der Waals surface area contributed by atoms with Gasteiger partial charge in [0, 0.05) is 49.6 Å². The highest BCUT2D eigenvalue weighted by molar-refractivity contribution is 7.89. The van der Waals surface area contributed by atoms with E-state index in [1.54, 1.807) is 36.2 Å². The molecule has 1 aliphatic heterocycles. The Labute approximate surface area is 248 Å². The van der Waals surface area contributed by atoms with Crippen molar-refractivity contribution in [2.24, 2.45) is 13.0 Å². The van der Waals surface area contributed by atoms with Crippen molar-refractivity contribution in [3.05, 3.63) is 89.6 Å². The fraction of sp³-hybridized carbons (Fsp3) is 0.364. The fourth-order valence-electron chi connectivity index (χ4n) is 5.77. The van der Waals surface area contributed by atoms with E-state index in [1.165, 1.54) is 4.31 Å². The minimum Gasteiger partial charge on any atom is -0.394 e. The van der Waals surface area contributed by atoms with Gasteiger partial charge < -0.3 is 19.3 Å². The summed E-state index contributed by atoms with van der Waals surface area (Å²) in [5.74, 6) is -0.435. The van der Waals surface area contributed by atoms with Gasteiger partial charge in [0.25, 0.3) is 5.91 Å². The molecule has 0 saturated carbocycles. The van der Waals surface area contributed by atoms with Crippen molar-refractivity contribution in [2.75, 3.05) is 26.7 Å². The summed E-state index contributed by atoms with van der Waals surface area (Å²) in [5, 5.41) is 11.2. The number of likely N-dealkylation sites (N-methyl/N-ethyl adjacent to an activating group) is 1. The minimum atomic E-state index is -3.76. The number of nitrogens with zero attached hydrogens (tertiary/aromatic N) is 3. The molecule has 9 heteroatoms. The molecule has 3 atom stereocenters. The summed E-state index contributed by atoms with van der Waals surface area (Å²) in [6, 6.07) is 22.2. The van der Waals surface area contributed by atoms with E-state index < -0.39 is 22.2 Å². The summed E-state index contributed by atoms with van der Waals surface area (Å²) < 4.78 is 36.8. The average Bonchev–Trinajstić information content (AvgIpc) is 3.28. The first-order valence-electron chi connectivity index (χ1n) is 14.3. The number of hydrogen-bond donors (Lipinski definition) is 1. The van der Waals surface area contributed by atoms with Gasteiger partial charge in [0.1, 0.15) is 5.69 Å². The summed E-state index contributed by atoms with van der Waals surface area (Å²) in [4.78, 5) is 16.4. The Kier molecular flexibility index (Phi) is 8.57. The van der Waals surface area contributed by atoms with Crippen molar-refractivity contribution in [1.29, 1.82) is 0 Å². The van der Waals surface area contributed by atoms with Crippen molar-refractivity contribution >= 4 is 26.8 Å². The molecular formula is C33H39N3O5S. The standard InChI is InChI=1S/C33H39N3O5S/c1-22-14-16-26(17-15-22)42(39,40)34(4)19-30-23(2)18-36(24(3)20-37)33(38)32-31(27-11-7-6-10-25(27)21-41-30)28-12-8-9-13-29(28)35(32)5/h6-17,23-24,30,37H,18-21H2,1-5H3/t23-,24-,30+/m1/s1. The predicted octanol–water partition coefficient (Wildman–Crippen LogP) is 4.83. The first-order chi connectivity index (χ1) is 20.0. The van der Waals surface area contributed by atoms with Gasteiger partial charge in [0.2, 0.25) is 10.0 Å². The van der Waals surface area contributed by atoms with Gasteiger partial charge in [-0.3, -0.25) is 4.79 Å². The first kappa shape index (κ1) is 30.0. The van der Waals surface area contributed by atoms with Gasteiger partial charge in [-0.15, -0.1) is 0 Å². The number of sulfonamides is 1. The number of rotatable bonds is 6. The van der Waals surface area contributed by atoms with Gasteiger partial charge in [0.15, 0.2) is 0 Å². The molecule has 0 spiro atoms. The molecule has 1 aliphatic rings. The van der Waals surface area contributed by atoms with Crippen molar-refractivity contribution in [2.45, 2.75) is 44.4 Å². The molecule has 4 aromatic rings. The summed E-state index contributed by atoms with van der Waals surface area (Å²) >= 11 is 0. The van der Waals surface area contributed by atoms with Crippen LogP contribution in [0.4, 0.5) is 0 Å². The van der Waals surface area contributed by atoms with E-state index in [4.69, 9.17) is 4.74 Å². The van der Waals surface area contributed by atoms with E-state index in [-0.39, 0.29) is 43.0 Å². The van der Waals surface area contributed by atoms with Gasteiger partial charge in [-0.05, 0) is 43.2 Å². The molecule has 0 aliphatic carbocycles. The normalized spacial score (nSPS) is 18.9. The third-order valence-corrected chi connectivity index (χ3v) is 10.2. The Bertz CT molecular complexity index is 1700. The highest BCUT2D eigenvalue weighted by Gasteiger charge is 2.34. The molecule has 0 unspecified atom stereocenters. The molecule has 2 heterocycles. The Morgan fingerprint density at radius 2 is 1.71 bits per heavy atom. The molecular weight excluding hydrogens is 550 g/mol. The Hall–Kier alpha value is -3.50. The number of hydrogen-bond acceptors (Lipinski definition) is 5. The number of aromatic nitrogens is 1. The van der Waals surface area contributed by atoms with Crippen LogP contribution in [0.25, 0.3) is 22.0 Å². The molecule has 8 nitrogen and oxygen atoms in total. The average molecular weight is 590 g/mol. The topological polar surface area (TPSA) is 92.1 Å². The molecule has 1 amide bonds. The SMILES string of the molecule is Cc1ccc(S(=O)(=O)N(C)C[C@@H]2OCc3ccccc3-c3c(n(C)c4ccccc34)C(=O)N([C@H](C)CO)C[C@H]2C)cc1. The quantitative estimate of drug-likeness (QED) is 0.348. The van der Waals surface area contributed by atoms with Gasteiger partial charge in [-0.1, -0.05) is 67.1 Å². The lowest BCUT2D eigenvalue weighted by Crippen LogP contribution is -2.48. The summed E-state index contributed by atoms with van der Waals surface area (Å²) in [7, 11) is -0.303.